The van der Waals surface area contributed by atoms with E-state index in [1.165, 1.54) is 21.9 Å². The van der Waals surface area contributed by atoms with E-state index in [1.807, 2.05) is 48.5 Å². The van der Waals surface area contributed by atoms with Gasteiger partial charge < -0.3 is 18.6 Å². The molecule has 0 unspecified atom stereocenters. The van der Waals surface area contributed by atoms with Crippen LogP contribution < -0.4 is 26.2 Å². The van der Waals surface area contributed by atoms with Crippen molar-refractivity contribution < 1.29 is 29.4 Å². The summed E-state index contributed by atoms with van der Waals surface area (Å²) in [6, 6.07) is 15.7. The summed E-state index contributed by atoms with van der Waals surface area (Å²) >= 11 is 0. The van der Waals surface area contributed by atoms with E-state index in [9.17, 15) is 8.22 Å². The molecule has 10 aromatic rings. The second kappa shape index (κ2) is 10.8. The monoisotopic (exact) mass is 691 g/mol. The van der Waals surface area contributed by atoms with E-state index in [0.717, 1.165) is 5.39 Å². The number of nitrogens with zero attached hydrogens (tertiary/aromatic N) is 2. The van der Waals surface area contributed by atoms with Crippen molar-refractivity contribution in [1.29, 1.82) is 0 Å². The van der Waals surface area contributed by atoms with Crippen LogP contribution in [0.3, 0.4) is 0 Å². The lowest BCUT2D eigenvalue weighted by Crippen LogP contribution is -2.61. The SMILES string of the molecule is [2H]c1c([2H])c([2H])c(-c2cc3c4c(c2)N(c2c([2H])c([2H])c([2H])c([2H])c2[2H])c2c(c5oc6ccccc6c5c5c2oc2ccccc25)B4c2ccccc2N3c2c([2H])c([2H])c([2H])c([2H])c2[2H])c([2H])c1[2H]. The molecule has 0 N–H and O–H groups in total. The summed E-state index contributed by atoms with van der Waals surface area (Å²) < 4.78 is 148. The molecule has 0 amide bonds. The third kappa shape index (κ3) is 3.91. The van der Waals surface area contributed by atoms with Crippen LogP contribution in [0.15, 0.2) is 184 Å². The molecule has 53 heavy (non-hydrogen) atoms. The smallest absolute Gasteiger partial charge is 0.257 e. The molecule has 4 heterocycles. The molecule has 0 fully saturated rings. The van der Waals surface area contributed by atoms with Gasteiger partial charge in [0, 0.05) is 55.4 Å². The van der Waals surface area contributed by atoms with Crippen LogP contribution in [0.4, 0.5) is 34.1 Å². The Morgan fingerprint density at radius 3 is 1.68 bits per heavy atom. The van der Waals surface area contributed by atoms with Gasteiger partial charge in [-0.05, 0) is 76.6 Å². The van der Waals surface area contributed by atoms with Gasteiger partial charge in [-0.25, -0.2) is 0 Å². The van der Waals surface area contributed by atoms with Gasteiger partial charge in [-0.2, -0.15) is 0 Å². The number of benzene rings is 8. The molecule has 2 aliphatic rings. The van der Waals surface area contributed by atoms with Gasteiger partial charge in [0.2, 0.25) is 0 Å². The molecule has 2 aliphatic heterocycles. The van der Waals surface area contributed by atoms with Crippen molar-refractivity contribution >= 4 is 101 Å². The minimum atomic E-state index is -0.900. The Labute approximate surface area is 326 Å². The topological polar surface area (TPSA) is 32.8 Å². The summed E-state index contributed by atoms with van der Waals surface area (Å²) in [7, 11) is 0. The highest BCUT2D eigenvalue weighted by Crippen LogP contribution is 2.51. The zero-order valence-electron chi connectivity index (χ0n) is 42.4. The minimum Gasteiger partial charge on any atom is -0.456 e. The lowest BCUT2D eigenvalue weighted by atomic mass is 9.33. The minimum absolute atomic E-state index is 0.0118. The molecular formula is C48H29BN2O2. The third-order valence-electron chi connectivity index (χ3n) is 10.3. The average molecular weight is 692 g/mol. The second-order valence-corrected chi connectivity index (χ2v) is 12.9. The molecule has 12 rings (SSSR count). The molecule has 0 bridgehead atoms. The van der Waals surface area contributed by atoms with Gasteiger partial charge in [-0.1, -0.05) is 121 Å². The zero-order chi connectivity index (χ0) is 47.7. The van der Waals surface area contributed by atoms with Crippen LogP contribution in [-0.2, 0) is 0 Å². The van der Waals surface area contributed by atoms with Crippen LogP contribution in [0.25, 0.3) is 55.0 Å². The van der Waals surface area contributed by atoms with Gasteiger partial charge in [0.05, 0.1) is 26.2 Å². The highest BCUT2D eigenvalue weighted by atomic mass is 16.3. The lowest BCUT2D eigenvalue weighted by molar-refractivity contribution is 0.665. The fourth-order valence-electron chi connectivity index (χ4n) is 8.32. The summed E-state index contributed by atoms with van der Waals surface area (Å²) in [6.45, 7) is -0.900. The Kier molecular flexibility index (Phi) is 3.65. The molecule has 4 nitrogen and oxygen atoms in total. The van der Waals surface area contributed by atoms with Gasteiger partial charge in [0.25, 0.3) is 6.71 Å². The summed E-state index contributed by atoms with van der Waals surface area (Å²) in [5.41, 5.74) is 3.02. The molecule has 0 radical (unpaired) electrons. The fraction of sp³-hybridized carbons (Fsp3) is 0. The highest BCUT2D eigenvalue weighted by molar-refractivity contribution is 7.02. The second-order valence-electron chi connectivity index (χ2n) is 12.9. The Hall–Kier alpha value is -6.98. The molecule has 5 heteroatoms. The van der Waals surface area contributed by atoms with Crippen LogP contribution in [0.5, 0.6) is 0 Å². The highest BCUT2D eigenvalue weighted by Gasteiger charge is 2.47. The largest absolute Gasteiger partial charge is 0.456 e. The van der Waals surface area contributed by atoms with Crippen molar-refractivity contribution in [3.63, 3.8) is 0 Å². The number of furan rings is 2. The average Bonchev–Trinajstić information content (AvgIpc) is 3.93. The van der Waals surface area contributed by atoms with E-state index in [2.05, 4.69) is 0 Å². The van der Waals surface area contributed by atoms with Crippen molar-refractivity contribution in [3.8, 4) is 11.1 Å². The van der Waals surface area contributed by atoms with Gasteiger partial charge in [-0.3, -0.25) is 0 Å². The molecule has 2 aromatic heterocycles. The maximum Gasteiger partial charge on any atom is 0.257 e. The number of anilines is 6. The molecule has 246 valence electrons. The third-order valence-corrected chi connectivity index (χ3v) is 10.3. The van der Waals surface area contributed by atoms with Gasteiger partial charge in [0.15, 0.2) is 5.58 Å². The van der Waals surface area contributed by atoms with E-state index < -0.39 is 97.3 Å². The molecular weight excluding hydrogens is 647 g/mol. The van der Waals surface area contributed by atoms with Crippen LogP contribution in [-0.4, -0.2) is 6.71 Å². The van der Waals surface area contributed by atoms with Crippen molar-refractivity contribution in [3.05, 3.63) is 176 Å². The lowest BCUT2D eigenvalue weighted by Gasteiger charge is -2.44. The van der Waals surface area contributed by atoms with E-state index >= 15 is 0 Å². The molecule has 0 saturated heterocycles. The first-order valence-corrected chi connectivity index (χ1v) is 16.9. The van der Waals surface area contributed by atoms with Crippen molar-refractivity contribution in [2.75, 3.05) is 9.80 Å². The number of fused-ring (bicyclic) bond motifs is 13. The van der Waals surface area contributed by atoms with Crippen molar-refractivity contribution in [2.24, 2.45) is 0 Å². The first-order chi connectivity index (χ1) is 32.5. The first-order valence-electron chi connectivity index (χ1n) is 24.4. The number of hydrogen-bond acceptors (Lipinski definition) is 4. The molecule has 0 atom stereocenters. The summed E-state index contributed by atoms with van der Waals surface area (Å²) in [5.74, 6) is 0. The van der Waals surface area contributed by atoms with Crippen molar-refractivity contribution in [1.82, 2.24) is 0 Å². The van der Waals surface area contributed by atoms with E-state index in [1.54, 1.807) is 24.3 Å². The van der Waals surface area contributed by atoms with Gasteiger partial charge in [0.1, 0.15) is 16.7 Å². The maximum atomic E-state index is 9.55. The van der Waals surface area contributed by atoms with Crippen molar-refractivity contribution in [2.45, 2.75) is 0 Å². The Morgan fingerprint density at radius 2 is 1.00 bits per heavy atom. The van der Waals surface area contributed by atoms with Crippen LogP contribution in [0.1, 0.15) is 20.6 Å². The van der Waals surface area contributed by atoms with Gasteiger partial charge in [-0.15, -0.1) is 0 Å². The molecule has 8 aromatic carbocycles. The Bertz CT molecular complexity index is 3900. The molecule has 0 spiro atoms. The van der Waals surface area contributed by atoms with Crippen LogP contribution in [0, 0.1) is 0 Å². The number of para-hydroxylation sites is 5. The van der Waals surface area contributed by atoms with Crippen LogP contribution in [0.2, 0.25) is 0 Å². The van der Waals surface area contributed by atoms with E-state index in [4.69, 9.17) is 21.2 Å². The summed E-state index contributed by atoms with van der Waals surface area (Å²) in [5, 5.41) is 2.71. The van der Waals surface area contributed by atoms with Crippen LogP contribution >= 0.6 is 0 Å². The number of hydrogen-bond donors (Lipinski definition) is 0. The first kappa shape index (κ1) is 18.0. The zero-order valence-corrected chi connectivity index (χ0v) is 27.4. The fourth-order valence-corrected chi connectivity index (χ4v) is 8.32. The predicted molar refractivity (Wildman–Crippen MR) is 220 cm³/mol. The quantitative estimate of drug-likeness (QED) is 0.173. The van der Waals surface area contributed by atoms with Gasteiger partial charge >= 0.3 is 0 Å². The predicted octanol–water partition coefficient (Wildman–Crippen LogP) is 11.2. The molecule has 0 aliphatic carbocycles. The molecule has 0 saturated carbocycles. The van der Waals surface area contributed by atoms with E-state index in [-0.39, 0.29) is 45.1 Å². The number of rotatable bonds is 3. The maximum absolute atomic E-state index is 9.55. The standard InChI is InChI=1S/C48H29BN2O2/c1-4-16-30(17-5-1)31-28-38-44-39(29-31)51(33-20-8-3-9-21-33)46-45(49(44)36-24-12-13-25-37(36)50(38)32-18-6-2-7-19-32)47-42(34-22-10-14-26-40(34)52-47)43-35-23-11-15-27-41(35)53-48(43)46/h1-29H/i1D,2D,3D,4D,5D,6D,7D,8D,9D,16D,17D,18D,19D,20D,21D. The Morgan fingerprint density at radius 1 is 0.472 bits per heavy atom. The van der Waals surface area contributed by atoms with E-state index in [0.29, 0.717) is 55.0 Å². The normalized spacial score (nSPS) is 17.1. The summed E-state index contributed by atoms with van der Waals surface area (Å²) in [6.07, 6.45) is 0. The summed E-state index contributed by atoms with van der Waals surface area (Å²) in [4.78, 5) is 2.97. The Balaban J connectivity index is 1.37.